The van der Waals surface area contributed by atoms with Crippen LogP contribution in [0.25, 0.3) is 66.1 Å². The summed E-state index contributed by atoms with van der Waals surface area (Å²) >= 11 is 0. The van der Waals surface area contributed by atoms with Crippen molar-refractivity contribution in [3.8, 4) is 45.5 Å². The Bertz CT molecular complexity index is 3900. The zero-order chi connectivity index (χ0) is 51.2. The second kappa shape index (κ2) is 14.6. The second-order valence-electron chi connectivity index (χ2n) is 25.8. The highest BCUT2D eigenvalue weighted by Gasteiger charge is 2.48. The molecule has 0 radical (unpaired) electrons. The smallest absolute Gasteiger partial charge is 0.261 e. The van der Waals surface area contributed by atoms with Gasteiger partial charge >= 0.3 is 0 Å². The van der Waals surface area contributed by atoms with E-state index in [4.69, 9.17) is 10.8 Å². The lowest BCUT2D eigenvalue weighted by Gasteiger charge is -2.37. The number of fused-ring (bicyclic) bond motifs is 14. The fourth-order valence-corrected chi connectivity index (χ4v) is 12.6. The van der Waals surface area contributed by atoms with Gasteiger partial charge in [-0.2, -0.15) is 0 Å². The maximum absolute atomic E-state index is 9.16. The minimum atomic E-state index is -0.390. The number of benzene rings is 8. The number of ether oxygens (including phenoxy) is 2. The van der Waals surface area contributed by atoms with Crippen LogP contribution in [-0.4, -0.2) is 15.8 Å². The molecule has 0 bridgehead atoms. The molecule has 0 atom stereocenters. The fourth-order valence-electron chi connectivity index (χ4n) is 12.6. The number of hydrogen-bond donors (Lipinski definition) is 0. The van der Waals surface area contributed by atoms with Gasteiger partial charge in [0.25, 0.3) is 6.71 Å². The van der Waals surface area contributed by atoms with Crippen LogP contribution in [-0.2, 0) is 27.1 Å². The number of nitrogens with zero attached hydrogens (tertiary/aromatic N) is 2. The van der Waals surface area contributed by atoms with Crippen molar-refractivity contribution >= 4 is 66.7 Å². The minimum Gasteiger partial charge on any atom is -0.458 e. The molecular formula is C67H65BN2O2. The lowest BCUT2D eigenvalue weighted by atomic mass is 9.33. The molecule has 358 valence electrons. The van der Waals surface area contributed by atoms with Gasteiger partial charge in [-0.25, -0.2) is 0 Å². The van der Waals surface area contributed by atoms with Crippen LogP contribution in [0, 0.1) is 0 Å². The maximum atomic E-state index is 9.16. The molecule has 4 heterocycles. The van der Waals surface area contributed by atoms with Crippen molar-refractivity contribution in [2.24, 2.45) is 0 Å². The molecule has 8 aromatic carbocycles. The van der Waals surface area contributed by atoms with Crippen LogP contribution >= 0.6 is 0 Å². The third-order valence-corrected chi connectivity index (χ3v) is 16.6. The van der Waals surface area contributed by atoms with Gasteiger partial charge < -0.3 is 18.6 Å². The van der Waals surface area contributed by atoms with Crippen molar-refractivity contribution in [1.29, 1.82) is 0 Å². The van der Waals surface area contributed by atoms with Crippen LogP contribution in [0.4, 0.5) is 0 Å². The van der Waals surface area contributed by atoms with Gasteiger partial charge in [0.05, 0.1) is 29.1 Å². The van der Waals surface area contributed by atoms with Crippen molar-refractivity contribution in [1.82, 2.24) is 9.13 Å². The van der Waals surface area contributed by atoms with Crippen LogP contribution in [0.5, 0.6) is 23.0 Å². The summed E-state index contributed by atoms with van der Waals surface area (Å²) in [5.41, 5.74) is 19.9. The van der Waals surface area contributed by atoms with Crippen LogP contribution in [0.15, 0.2) is 140 Å². The van der Waals surface area contributed by atoms with Gasteiger partial charge in [-0.05, 0) is 138 Å². The third kappa shape index (κ3) is 6.37. The van der Waals surface area contributed by atoms with E-state index in [9.17, 15) is 0 Å². The Morgan fingerprint density at radius 2 is 0.917 bits per heavy atom. The first kappa shape index (κ1) is 43.8. The monoisotopic (exact) mass is 942 g/mol. The highest BCUT2D eigenvalue weighted by molar-refractivity contribution is 6.98. The highest BCUT2D eigenvalue weighted by Crippen LogP contribution is 2.54. The summed E-state index contributed by atoms with van der Waals surface area (Å²) < 4.78 is 28.4. The average molecular weight is 942 g/mol. The molecule has 0 unspecified atom stereocenters. The Hall–Kier alpha value is -6.98. The van der Waals surface area contributed by atoms with Crippen molar-refractivity contribution in [2.45, 2.75) is 124 Å². The summed E-state index contributed by atoms with van der Waals surface area (Å²) in [6.07, 6.45) is 0. The van der Waals surface area contributed by atoms with Gasteiger partial charge in [0, 0.05) is 55.8 Å². The summed E-state index contributed by atoms with van der Waals surface area (Å²) in [5, 5.41) is 5.00. The van der Waals surface area contributed by atoms with Gasteiger partial charge in [-0.1, -0.05) is 158 Å². The molecule has 2 aliphatic heterocycles. The summed E-state index contributed by atoms with van der Waals surface area (Å²) in [7, 11) is 0. The van der Waals surface area contributed by atoms with E-state index in [-0.39, 0.29) is 33.8 Å². The van der Waals surface area contributed by atoms with Crippen molar-refractivity contribution in [2.75, 3.05) is 0 Å². The van der Waals surface area contributed by atoms with E-state index >= 15 is 0 Å². The van der Waals surface area contributed by atoms with Gasteiger partial charge in [0.2, 0.25) is 0 Å². The molecule has 4 nitrogen and oxygen atoms in total. The molecule has 13 rings (SSSR count). The summed E-state index contributed by atoms with van der Waals surface area (Å²) in [5.74, 6) is 2.96. The molecule has 72 heavy (non-hydrogen) atoms. The number of aromatic nitrogens is 2. The molecule has 0 saturated carbocycles. The first-order chi connectivity index (χ1) is 34.4. The first-order valence-corrected chi connectivity index (χ1v) is 26.0. The third-order valence-electron chi connectivity index (χ3n) is 16.6. The van der Waals surface area contributed by atoms with Crippen molar-refractivity contribution in [3.05, 3.63) is 173 Å². The Morgan fingerprint density at radius 3 is 1.40 bits per heavy atom. The van der Waals surface area contributed by atoms with Crippen LogP contribution in [0.3, 0.4) is 0 Å². The van der Waals surface area contributed by atoms with Gasteiger partial charge in [0.1, 0.15) is 23.0 Å². The van der Waals surface area contributed by atoms with Gasteiger partial charge in [-0.3, -0.25) is 0 Å². The molecule has 5 heteroatoms. The van der Waals surface area contributed by atoms with Gasteiger partial charge in [-0.15, -0.1) is 0 Å². The van der Waals surface area contributed by atoms with E-state index in [0.717, 1.165) is 50.3 Å². The lowest BCUT2D eigenvalue weighted by molar-refractivity contribution is 0.463. The molecule has 0 N–H and O–H groups in total. The van der Waals surface area contributed by atoms with E-state index in [0.29, 0.717) is 17.5 Å². The molecule has 0 amide bonds. The van der Waals surface area contributed by atoms with Gasteiger partial charge in [0.15, 0.2) is 0 Å². The predicted octanol–water partition coefficient (Wildman–Crippen LogP) is 16.1. The standard InChI is InChI=1S/C67H65BN2O2/c1-63(2,3)38-22-28-50-44(32-38)45-33-39(64(4,5)6)23-29-51(45)69(50)42-26-27-49-57(36-42)71-55-20-17-21-56-61(55)68(49)62-58(72-56)37-54(59-43-18-15-16-19-48(43)67(13,14)60(59)62)70-52-30-24-40(65(7,8)9)34-46(52)47-35-41(66(10,11)12)25-31-53(47)70/h15-37H,1-14H3/i17D. The molecule has 0 saturated heterocycles. The molecule has 3 aliphatic rings. The van der Waals surface area contributed by atoms with Crippen LogP contribution in [0.2, 0.25) is 0 Å². The van der Waals surface area contributed by atoms with E-state index in [1.807, 2.05) is 12.1 Å². The number of hydrogen-bond acceptors (Lipinski definition) is 2. The lowest BCUT2D eigenvalue weighted by Crippen LogP contribution is -2.59. The quantitative estimate of drug-likeness (QED) is 0.162. The minimum absolute atomic E-state index is 0.000500. The molecule has 1 aliphatic carbocycles. The normalized spacial score (nSPS) is 15.0. The predicted molar refractivity (Wildman–Crippen MR) is 305 cm³/mol. The molecule has 0 fully saturated rings. The topological polar surface area (TPSA) is 28.3 Å². The second-order valence-corrected chi connectivity index (χ2v) is 25.8. The summed E-state index contributed by atoms with van der Waals surface area (Å²) in [4.78, 5) is 0. The largest absolute Gasteiger partial charge is 0.458 e. The Kier molecular flexibility index (Phi) is 8.87. The van der Waals surface area contributed by atoms with Crippen molar-refractivity contribution < 1.29 is 10.8 Å². The van der Waals surface area contributed by atoms with E-state index in [2.05, 4.69) is 227 Å². The fraction of sp³-hybridized carbons (Fsp3) is 0.284. The Labute approximate surface area is 427 Å². The Morgan fingerprint density at radius 1 is 0.458 bits per heavy atom. The SMILES string of the molecule is [2H]c1cc2c3c(c1)Oc1cc(-n4c5ccc(C(C)(C)C)cc5c5cc(C(C)(C)C)ccc54)c4c(c1B3c1ccc(-n3c5ccc(C(C)(C)C)cc5c5cc(C(C)(C)C)ccc53)cc1O2)C(C)(C)c1ccccc1-4. The number of rotatable bonds is 2. The maximum Gasteiger partial charge on any atom is 0.261 e. The van der Waals surface area contributed by atoms with E-state index in [1.165, 1.54) is 77.1 Å². The molecule has 0 spiro atoms. The average Bonchev–Trinajstić information content (AvgIpc) is 3.91. The van der Waals surface area contributed by atoms with E-state index < -0.39 is 0 Å². The van der Waals surface area contributed by atoms with Crippen LogP contribution in [0.1, 0.15) is 132 Å². The molecular weight excluding hydrogens is 876 g/mol. The zero-order valence-corrected chi connectivity index (χ0v) is 44.5. The van der Waals surface area contributed by atoms with Crippen LogP contribution < -0.4 is 25.9 Å². The molecule has 2 aromatic heterocycles. The zero-order valence-electron chi connectivity index (χ0n) is 45.5. The molecule has 10 aromatic rings. The summed E-state index contributed by atoms with van der Waals surface area (Å²) in [6.45, 7) is 32.1. The summed E-state index contributed by atoms with van der Waals surface area (Å²) in [6, 6.07) is 50.5. The Balaban J connectivity index is 1.08. The first-order valence-electron chi connectivity index (χ1n) is 26.5. The van der Waals surface area contributed by atoms with Crippen molar-refractivity contribution in [3.63, 3.8) is 0 Å². The van der Waals surface area contributed by atoms with E-state index in [1.54, 1.807) is 0 Å². The highest BCUT2D eigenvalue weighted by atomic mass is 16.5.